The van der Waals surface area contributed by atoms with E-state index in [4.69, 9.17) is 21.1 Å². The van der Waals surface area contributed by atoms with Crippen LogP contribution in [0.25, 0.3) is 0 Å². The molecule has 1 aromatic rings. The summed E-state index contributed by atoms with van der Waals surface area (Å²) in [6.07, 6.45) is 6.66. The molecule has 0 atom stereocenters. The second kappa shape index (κ2) is 9.16. The Balaban J connectivity index is 1.83. The number of ether oxygens (including phenoxy) is 2. The molecule has 1 saturated carbocycles. The first kappa shape index (κ1) is 16.4. The van der Waals surface area contributed by atoms with Crippen molar-refractivity contribution < 1.29 is 9.47 Å². The van der Waals surface area contributed by atoms with Gasteiger partial charge in [0, 0.05) is 25.0 Å². The van der Waals surface area contributed by atoms with E-state index >= 15 is 0 Å². The van der Waals surface area contributed by atoms with E-state index in [2.05, 4.69) is 4.90 Å². The molecule has 1 aliphatic rings. The van der Waals surface area contributed by atoms with E-state index in [9.17, 15) is 0 Å². The first-order valence-corrected chi connectivity index (χ1v) is 8.44. The summed E-state index contributed by atoms with van der Waals surface area (Å²) in [7, 11) is 1.67. The first-order valence-electron chi connectivity index (χ1n) is 7.91. The van der Waals surface area contributed by atoms with Gasteiger partial charge in [-0.2, -0.15) is 0 Å². The van der Waals surface area contributed by atoms with E-state index in [1.807, 2.05) is 24.3 Å². The zero-order valence-corrected chi connectivity index (χ0v) is 13.6. The number of para-hydroxylation sites is 2. The van der Waals surface area contributed by atoms with Crippen LogP contribution < -0.4 is 9.47 Å². The van der Waals surface area contributed by atoms with Crippen LogP contribution in [-0.4, -0.2) is 43.6 Å². The van der Waals surface area contributed by atoms with E-state index in [0.717, 1.165) is 24.6 Å². The van der Waals surface area contributed by atoms with Gasteiger partial charge in [0.15, 0.2) is 11.5 Å². The van der Waals surface area contributed by atoms with Gasteiger partial charge in [-0.15, -0.1) is 11.6 Å². The van der Waals surface area contributed by atoms with Gasteiger partial charge in [0.2, 0.25) is 0 Å². The molecule has 1 fully saturated rings. The first-order chi connectivity index (χ1) is 10.3. The summed E-state index contributed by atoms with van der Waals surface area (Å²) in [6, 6.07) is 8.47. The molecule has 0 bridgehead atoms. The zero-order valence-electron chi connectivity index (χ0n) is 12.9. The Morgan fingerprint density at radius 3 is 2.48 bits per heavy atom. The average molecular weight is 312 g/mol. The second-order valence-corrected chi connectivity index (χ2v) is 5.89. The predicted molar refractivity (Wildman–Crippen MR) is 87.7 cm³/mol. The topological polar surface area (TPSA) is 21.7 Å². The highest BCUT2D eigenvalue weighted by molar-refractivity contribution is 6.18. The van der Waals surface area contributed by atoms with Crippen molar-refractivity contribution in [2.45, 2.75) is 38.1 Å². The largest absolute Gasteiger partial charge is 0.493 e. The maximum Gasteiger partial charge on any atom is 0.161 e. The molecule has 0 aromatic heterocycles. The van der Waals surface area contributed by atoms with E-state index < -0.39 is 0 Å². The number of benzene rings is 1. The Labute approximate surface area is 133 Å². The summed E-state index contributed by atoms with van der Waals surface area (Å²) < 4.78 is 11.2. The van der Waals surface area contributed by atoms with E-state index in [1.54, 1.807) is 7.11 Å². The van der Waals surface area contributed by atoms with Crippen LogP contribution in [0.4, 0.5) is 0 Å². The average Bonchev–Trinajstić information content (AvgIpc) is 2.55. The number of hydrogen-bond donors (Lipinski definition) is 0. The molecule has 1 aliphatic carbocycles. The molecule has 1 aromatic carbocycles. The van der Waals surface area contributed by atoms with Crippen molar-refractivity contribution in [2.24, 2.45) is 0 Å². The lowest BCUT2D eigenvalue weighted by Gasteiger charge is -2.33. The highest BCUT2D eigenvalue weighted by Crippen LogP contribution is 2.26. The number of hydrogen-bond acceptors (Lipinski definition) is 3. The van der Waals surface area contributed by atoms with Crippen molar-refractivity contribution in [3.05, 3.63) is 24.3 Å². The predicted octanol–water partition coefficient (Wildman–Crippen LogP) is 3.95. The summed E-state index contributed by atoms with van der Waals surface area (Å²) in [5.74, 6) is 2.29. The SMILES string of the molecule is COc1ccccc1OCCN(CCCl)C1CCCCC1. The van der Waals surface area contributed by atoms with E-state index in [1.165, 1.54) is 32.1 Å². The molecular formula is C17H26ClNO2. The van der Waals surface area contributed by atoms with Gasteiger partial charge in [0.25, 0.3) is 0 Å². The molecule has 0 aliphatic heterocycles. The summed E-state index contributed by atoms with van der Waals surface area (Å²) in [5.41, 5.74) is 0. The molecule has 21 heavy (non-hydrogen) atoms. The number of methoxy groups -OCH3 is 1. The maximum atomic E-state index is 5.96. The van der Waals surface area contributed by atoms with Gasteiger partial charge < -0.3 is 9.47 Å². The van der Waals surface area contributed by atoms with Crippen molar-refractivity contribution in [1.82, 2.24) is 4.90 Å². The van der Waals surface area contributed by atoms with Crippen LogP contribution in [0.15, 0.2) is 24.3 Å². The van der Waals surface area contributed by atoms with Gasteiger partial charge >= 0.3 is 0 Å². The fourth-order valence-electron chi connectivity index (χ4n) is 3.04. The lowest BCUT2D eigenvalue weighted by Crippen LogP contribution is -2.40. The van der Waals surface area contributed by atoms with E-state index in [0.29, 0.717) is 18.5 Å². The number of nitrogens with zero attached hydrogens (tertiary/aromatic N) is 1. The van der Waals surface area contributed by atoms with E-state index in [-0.39, 0.29) is 0 Å². The fraction of sp³-hybridized carbons (Fsp3) is 0.647. The van der Waals surface area contributed by atoms with Crippen LogP contribution in [0.5, 0.6) is 11.5 Å². The Bertz CT molecular complexity index is 408. The molecule has 0 spiro atoms. The van der Waals surface area contributed by atoms with Crippen LogP contribution in [0.2, 0.25) is 0 Å². The number of rotatable bonds is 8. The molecule has 0 heterocycles. The van der Waals surface area contributed by atoms with Gasteiger partial charge in [-0.05, 0) is 25.0 Å². The van der Waals surface area contributed by atoms with Gasteiger partial charge in [-0.1, -0.05) is 31.4 Å². The van der Waals surface area contributed by atoms with Gasteiger partial charge in [-0.25, -0.2) is 0 Å². The Morgan fingerprint density at radius 1 is 1.10 bits per heavy atom. The maximum absolute atomic E-state index is 5.96. The highest BCUT2D eigenvalue weighted by Gasteiger charge is 2.20. The highest BCUT2D eigenvalue weighted by atomic mass is 35.5. The summed E-state index contributed by atoms with van der Waals surface area (Å²) in [5, 5.41) is 0. The molecule has 3 nitrogen and oxygen atoms in total. The lowest BCUT2D eigenvalue weighted by atomic mass is 9.94. The Kier molecular flexibility index (Phi) is 7.17. The molecule has 0 unspecified atom stereocenters. The molecule has 4 heteroatoms. The molecule has 0 radical (unpaired) electrons. The minimum atomic E-state index is 0.674. The summed E-state index contributed by atoms with van der Waals surface area (Å²) in [4.78, 5) is 2.49. The third-order valence-electron chi connectivity index (χ3n) is 4.17. The standard InChI is InChI=1S/C17H26ClNO2/c1-20-16-9-5-6-10-17(16)21-14-13-19(12-11-18)15-7-3-2-4-8-15/h5-6,9-10,15H,2-4,7-8,11-14H2,1H3. The Hall–Kier alpha value is -0.930. The number of halogens is 1. The number of alkyl halides is 1. The second-order valence-electron chi connectivity index (χ2n) is 5.52. The summed E-state index contributed by atoms with van der Waals surface area (Å²) >= 11 is 5.96. The molecule has 0 N–H and O–H groups in total. The Morgan fingerprint density at radius 2 is 1.81 bits per heavy atom. The third-order valence-corrected chi connectivity index (χ3v) is 4.34. The molecule has 0 saturated heterocycles. The van der Waals surface area contributed by atoms with Gasteiger partial charge in [0.1, 0.15) is 6.61 Å². The normalized spacial score (nSPS) is 16.1. The van der Waals surface area contributed by atoms with Crippen LogP contribution >= 0.6 is 11.6 Å². The summed E-state index contributed by atoms with van der Waals surface area (Å²) in [6.45, 7) is 2.55. The minimum absolute atomic E-state index is 0.674. The van der Waals surface area contributed by atoms with Crippen molar-refractivity contribution in [3.63, 3.8) is 0 Å². The van der Waals surface area contributed by atoms with Crippen molar-refractivity contribution in [1.29, 1.82) is 0 Å². The van der Waals surface area contributed by atoms with Crippen LogP contribution in [0.3, 0.4) is 0 Å². The molecule has 2 rings (SSSR count). The quantitative estimate of drug-likeness (QED) is 0.679. The minimum Gasteiger partial charge on any atom is -0.493 e. The van der Waals surface area contributed by atoms with Crippen molar-refractivity contribution >= 4 is 11.6 Å². The lowest BCUT2D eigenvalue weighted by molar-refractivity contribution is 0.136. The zero-order chi connectivity index (χ0) is 14.9. The van der Waals surface area contributed by atoms with Crippen molar-refractivity contribution in [2.75, 3.05) is 32.7 Å². The van der Waals surface area contributed by atoms with Gasteiger partial charge in [-0.3, -0.25) is 4.90 Å². The van der Waals surface area contributed by atoms with Crippen molar-refractivity contribution in [3.8, 4) is 11.5 Å². The molecule has 118 valence electrons. The third kappa shape index (κ3) is 5.08. The fourth-order valence-corrected chi connectivity index (χ4v) is 3.26. The molecular weight excluding hydrogens is 286 g/mol. The van der Waals surface area contributed by atoms with Gasteiger partial charge in [0.05, 0.1) is 7.11 Å². The van der Waals surface area contributed by atoms with Crippen LogP contribution in [0.1, 0.15) is 32.1 Å². The van der Waals surface area contributed by atoms with Crippen LogP contribution in [0, 0.1) is 0 Å². The van der Waals surface area contributed by atoms with Crippen LogP contribution in [-0.2, 0) is 0 Å². The monoisotopic (exact) mass is 311 g/mol. The smallest absolute Gasteiger partial charge is 0.161 e. The molecule has 0 amide bonds.